The predicted molar refractivity (Wildman–Crippen MR) is 89.6 cm³/mol. The highest BCUT2D eigenvalue weighted by Crippen LogP contribution is 2.21. The molecule has 0 fully saturated rings. The minimum absolute atomic E-state index is 0.429. The highest BCUT2D eigenvalue weighted by atomic mass is 32.1. The Kier molecular flexibility index (Phi) is 4.77. The fraction of sp³-hybridized carbons (Fsp3) is 0.267. The fourth-order valence-corrected chi connectivity index (χ4v) is 2.52. The average Bonchev–Trinajstić information content (AvgIpc) is 2.77. The van der Waals surface area contributed by atoms with Gasteiger partial charge in [0.15, 0.2) is 5.13 Å². The largest absolute Gasteiger partial charge is 0.378 e. The van der Waals surface area contributed by atoms with Crippen molar-refractivity contribution in [1.29, 1.82) is 0 Å². The molecule has 0 unspecified atom stereocenters. The van der Waals surface area contributed by atoms with Crippen molar-refractivity contribution in [3.63, 3.8) is 0 Å². The summed E-state index contributed by atoms with van der Waals surface area (Å²) in [6.07, 6.45) is 0. The van der Waals surface area contributed by atoms with E-state index in [-0.39, 0.29) is 0 Å². The smallest absolute Gasteiger partial charge is 0.315 e. The summed E-state index contributed by atoms with van der Waals surface area (Å²) in [5, 5.41) is 5.49. The lowest BCUT2D eigenvalue weighted by Crippen LogP contribution is -2.29. The molecule has 2 amide bonds. The first-order valence-corrected chi connectivity index (χ1v) is 7.52. The third-order valence-electron chi connectivity index (χ3n) is 3.10. The Hall–Kier alpha value is -2.41. The summed E-state index contributed by atoms with van der Waals surface area (Å²) in [5.74, 6) is -1.45. The zero-order valence-electron chi connectivity index (χ0n) is 12.9. The molecular weight excluding hydrogens is 300 g/mol. The third-order valence-corrected chi connectivity index (χ3v) is 4.09. The summed E-state index contributed by atoms with van der Waals surface area (Å²) in [5.41, 5.74) is 2.42. The van der Waals surface area contributed by atoms with Crippen LogP contribution in [0.1, 0.15) is 10.6 Å². The standard InChI is InChI=1S/C15H18N4O2S/c1-9-10(2)22-15(16-9)18-14(21)13(20)17-11-5-7-12(8-6-11)19(3)4/h5-8H,1-4H3,(H,17,20)(H,16,18,21). The maximum atomic E-state index is 11.9. The Bertz CT molecular complexity index is 673. The fourth-order valence-electron chi connectivity index (χ4n) is 1.71. The van der Waals surface area contributed by atoms with Crippen molar-refractivity contribution in [3.8, 4) is 0 Å². The van der Waals surface area contributed by atoms with E-state index in [1.807, 2.05) is 45.0 Å². The van der Waals surface area contributed by atoms with Gasteiger partial charge in [0.2, 0.25) is 0 Å². The van der Waals surface area contributed by atoms with Crippen LogP contribution in [0.3, 0.4) is 0 Å². The number of benzene rings is 1. The summed E-state index contributed by atoms with van der Waals surface area (Å²) in [6.45, 7) is 3.77. The lowest BCUT2D eigenvalue weighted by atomic mass is 10.2. The van der Waals surface area contributed by atoms with Crippen molar-refractivity contribution in [1.82, 2.24) is 4.98 Å². The molecule has 6 nitrogen and oxygen atoms in total. The predicted octanol–water partition coefficient (Wildman–Crippen LogP) is 2.40. The molecule has 0 aliphatic heterocycles. The number of hydrogen-bond acceptors (Lipinski definition) is 5. The molecule has 0 aliphatic carbocycles. The van der Waals surface area contributed by atoms with Crippen LogP contribution in [-0.4, -0.2) is 30.9 Å². The Labute approximate surface area is 133 Å². The molecular formula is C15H18N4O2S. The van der Waals surface area contributed by atoms with Gasteiger partial charge < -0.3 is 10.2 Å². The molecule has 7 heteroatoms. The van der Waals surface area contributed by atoms with Crippen LogP contribution in [0, 0.1) is 13.8 Å². The van der Waals surface area contributed by atoms with Crippen LogP contribution in [0.2, 0.25) is 0 Å². The minimum atomic E-state index is -0.731. The summed E-state index contributed by atoms with van der Waals surface area (Å²) < 4.78 is 0. The Morgan fingerprint density at radius 3 is 2.14 bits per heavy atom. The van der Waals surface area contributed by atoms with Crippen LogP contribution in [0.5, 0.6) is 0 Å². The van der Waals surface area contributed by atoms with E-state index in [9.17, 15) is 9.59 Å². The summed E-state index contributed by atoms with van der Waals surface area (Å²) in [6, 6.07) is 7.22. The molecule has 0 spiro atoms. The molecule has 116 valence electrons. The zero-order chi connectivity index (χ0) is 16.3. The van der Waals surface area contributed by atoms with Gasteiger partial charge in [0.1, 0.15) is 0 Å². The van der Waals surface area contributed by atoms with E-state index in [0.29, 0.717) is 10.8 Å². The number of nitrogens with zero attached hydrogens (tertiary/aromatic N) is 2. The van der Waals surface area contributed by atoms with Crippen LogP contribution in [0.25, 0.3) is 0 Å². The number of rotatable bonds is 3. The SMILES string of the molecule is Cc1nc(NC(=O)C(=O)Nc2ccc(N(C)C)cc2)sc1C. The van der Waals surface area contributed by atoms with Crippen LogP contribution in [0.15, 0.2) is 24.3 Å². The van der Waals surface area contributed by atoms with E-state index in [1.165, 1.54) is 11.3 Å². The molecule has 1 aromatic heterocycles. The normalized spacial score (nSPS) is 10.2. The van der Waals surface area contributed by atoms with Gasteiger partial charge in [0.25, 0.3) is 0 Å². The zero-order valence-corrected chi connectivity index (χ0v) is 13.7. The number of thiazole rings is 1. The van der Waals surface area contributed by atoms with Crippen molar-refractivity contribution < 1.29 is 9.59 Å². The second kappa shape index (κ2) is 6.57. The molecule has 2 rings (SSSR count). The van der Waals surface area contributed by atoms with E-state index in [2.05, 4.69) is 15.6 Å². The number of aromatic nitrogens is 1. The first-order chi connectivity index (χ1) is 10.4. The Morgan fingerprint density at radius 1 is 1.05 bits per heavy atom. The third kappa shape index (κ3) is 3.82. The number of hydrogen-bond donors (Lipinski definition) is 2. The van der Waals surface area contributed by atoms with E-state index in [4.69, 9.17) is 0 Å². The van der Waals surface area contributed by atoms with Gasteiger partial charge in [-0.2, -0.15) is 0 Å². The Morgan fingerprint density at radius 2 is 1.64 bits per heavy atom. The summed E-state index contributed by atoms with van der Waals surface area (Å²) in [7, 11) is 3.86. The van der Waals surface area contributed by atoms with Crippen molar-refractivity contribution in [2.24, 2.45) is 0 Å². The van der Waals surface area contributed by atoms with Crippen molar-refractivity contribution in [2.45, 2.75) is 13.8 Å². The lowest BCUT2D eigenvalue weighted by molar-refractivity contribution is -0.132. The van der Waals surface area contributed by atoms with E-state index >= 15 is 0 Å². The molecule has 2 N–H and O–H groups in total. The number of aryl methyl sites for hydroxylation is 2. The number of anilines is 3. The second-order valence-corrected chi connectivity index (χ2v) is 6.21. The molecule has 0 bridgehead atoms. The molecule has 1 aromatic carbocycles. The minimum Gasteiger partial charge on any atom is -0.378 e. The monoisotopic (exact) mass is 318 g/mol. The van der Waals surface area contributed by atoms with E-state index in [1.54, 1.807) is 12.1 Å². The van der Waals surface area contributed by atoms with Crippen LogP contribution in [-0.2, 0) is 9.59 Å². The maximum Gasteiger partial charge on any atom is 0.315 e. The molecule has 0 atom stereocenters. The first kappa shape index (κ1) is 16.0. The molecule has 0 radical (unpaired) electrons. The van der Waals surface area contributed by atoms with Crippen molar-refractivity contribution in [3.05, 3.63) is 34.8 Å². The number of carbonyl (C=O) groups excluding carboxylic acids is 2. The quantitative estimate of drug-likeness (QED) is 0.852. The first-order valence-electron chi connectivity index (χ1n) is 6.70. The van der Waals surface area contributed by atoms with E-state index < -0.39 is 11.8 Å². The van der Waals surface area contributed by atoms with Gasteiger partial charge in [-0.1, -0.05) is 0 Å². The number of nitrogens with one attached hydrogen (secondary N) is 2. The van der Waals surface area contributed by atoms with Crippen LogP contribution in [0.4, 0.5) is 16.5 Å². The van der Waals surface area contributed by atoms with Gasteiger partial charge in [-0.3, -0.25) is 14.9 Å². The number of carbonyl (C=O) groups is 2. The molecule has 22 heavy (non-hydrogen) atoms. The van der Waals surface area contributed by atoms with Gasteiger partial charge in [0.05, 0.1) is 5.69 Å². The average molecular weight is 318 g/mol. The van der Waals surface area contributed by atoms with Gasteiger partial charge in [-0.05, 0) is 38.1 Å². The maximum absolute atomic E-state index is 11.9. The topological polar surface area (TPSA) is 74.3 Å². The highest BCUT2D eigenvalue weighted by molar-refractivity contribution is 7.15. The van der Waals surface area contributed by atoms with E-state index in [0.717, 1.165) is 16.3 Å². The summed E-state index contributed by atoms with van der Waals surface area (Å²) >= 11 is 1.34. The lowest BCUT2D eigenvalue weighted by Gasteiger charge is -2.12. The van der Waals surface area contributed by atoms with Gasteiger partial charge in [0, 0.05) is 30.3 Å². The molecule has 0 aliphatic rings. The highest BCUT2D eigenvalue weighted by Gasteiger charge is 2.16. The Balaban J connectivity index is 1.97. The van der Waals surface area contributed by atoms with Gasteiger partial charge >= 0.3 is 11.8 Å². The summed E-state index contributed by atoms with van der Waals surface area (Å²) in [4.78, 5) is 30.8. The van der Waals surface area contributed by atoms with Gasteiger partial charge in [-0.25, -0.2) is 4.98 Å². The second-order valence-electron chi connectivity index (χ2n) is 5.01. The van der Waals surface area contributed by atoms with Gasteiger partial charge in [-0.15, -0.1) is 11.3 Å². The molecule has 0 saturated carbocycles. The molecule has 1 heterocycles. The van der Waals surface area contributed by atoms with Crippen molar-refractivity contribution >= 4 is 39.7 Å². The molecule has 2 aromatic rings. The molecule has 0 saturated heterocycles. The van der Waals surface area contributed by atoms with Crippen LogP contribution < -0.4 is 15.5 Å². The van der Waals surface area contributed by atoms with Crippen LogP contribution >= 0.6 is 11.3 Å². The van der Waals surface area contributed by atoms with Crippen molar-refractivity contribution in [2.75, 3.05) is 29.6 Å². The number of amides is 2.